The Morgan fingerprint density at radius 3 is 2.50 bits per heavy atom. The Morgan fingerprint density at radius 2 is 1.83 bits per heavy atom. The number of anilines is 1. The fourth-order valence-corrected chi connectivity index (χ4v) is 1.65. The molecule has 0 unspecified atom stereocenters. The van der Waals surface area contributed by atoms with Gasteiger partial charge in [0, 0.05) is 6.07 Å². The van der Waals surface area contributed by atoms with E-state index >= 15 is 0 Å². The summed E-state index contributed by atoms with van der Waals surface area (Å²) < 4.78 is 5.75. The van der Waals surface area contributed by atoms with Crippen LogP contribution in [0, 0.1) is 0 Å². The van der Waals surface area contributed by atoms with Crippen LogP contribution in [0.1, 0.15) is 26.3 Å². The zero-order valence-electron chi connectivity index (χ0n) is 11.0. The Kier molecular flexibility index (Phi) is 3.24. The van der Waals surface area contributed by atoms with Crippen LogP contribution in [0.2, 0.25) is 0 Å². The van der Waals surface area contributed by atoms with Crippen molar-refractivity contribution in [1.29, 1.82) is 0 Å². The lowest BCUT2D eigenvalue weighted by Crippen LogP contribution is -2.10. The van der Waals surface area contributed by atoms with E-state index in [1.165, 1.54) is 5.56 Å². The molecule has 0 amide bonds. The van der Waals surface area contributed by atoms with Gasteiger partial charge in [-0.25, -0.2) is 0 Å². The average molecular weight is 242 g/mol. The molecule has 1 aromatic carbocycles. The van der Waals surface area contributed by atoms with Crippen molar-refractivity contribution in [2.24, 2.45) is 0 Å². The minimum atomic E-state index is 0.104. The smallest absolute Gasteiger partial charge is 0.147 e. The molecule has 94 valence electrons. The van der Waals surface area contributed by atoms with Gasteiger partial charge in [0.15, 0.2) is 0 Å². The molecule has 0 aliphatic heterocycles. The molecule has 18 heavy (non-hydrogen) atoms. The van der Waals surface area contributed by atoms with Crippen LogP contribution in [0.25, 0.3) is 0 Å². The van der Waals surface area contributed by atoms with Gasteiger partial charge in [-0.05, 0) is 23.1 Å². The van der Waals surface area contributed by atoms with Gasteiger partial charge in [-0.2, -0.15) is 0 Å². The molecular weight excluding hydrogens is 224 g/mol. The Hall–Kier alpha value is -2.03. The molecule has 0 aliphatic rings. The van der Waals surface area contributed by atoms with Crippen LogP contribution < -0.4 is 10.5 Å². The van der Waals surface area contributed by atoms with Crippen molar-refractivity contribution in [1.82, 2.24) is 4.98 Å². The molecule has 3 heteroatoms. The summed E-state index contributed by atoms with van der Waals surface area (Å²) in [5.74, 6) is 1.45. The lowest BCUT2D eigenvalue weighted by Gasteiger charge is -2.19. The van der Waals surface area contributed by atoms with Crippen molar-refractivity contribution >= 4 is 5.69 Å². The molecular formula is C15H18N2O. The summed E-state index contributed by atoms with van der Waals surface area (Å²) >= 11 is 0. The third-order valence-electron chi connectivity index (χ3n) is 2.67. The molecule has 0 saturated carbocycles. The number of hydrogen-bond acceptors (Lipinski definition) is 3. The number of pyridine rings is 1. The highest BCUT2D eigenvalue weighted by molar-refractivity contribution is 5.42. The first kappa shape index (κ1) is 12.4. The Balaban J connectivity index is 2.25. The average Bonchev–Trinajstić information content (AvgIpc) is 2.28. The van der Waals surface area contributed by atoms with Crippen molar-refractivity contribution in [3.8, 4) is 11.5 Å². The molecule has 1 heterocycles. The zero-order valence-corrected chi connectivity index (χ0v) is 11.0. The van der Waals surface area contributed by atoms with E-state index in [-0.39, 0.29) is 5.41 Å². The van der Waals surface area contributed by atoms with Crippen LogP contribution in [0.4, 0.5) is 5.69 Å². The first-order chi connectivity index (χ1) is 8.45. The first-order valence-corrected chi connectivity index (χ1v) is 5.94. The number of nitrogens with zero attached hydrogens (tertiary/aromatic N) is 1. The molecule has 3 nitrogen and oxygen atoms in total. The fraction of sp³-hybridized carbons (Fsp3) is 0.267. The van der Waals surface area contributed by atoms with E-state index in [1.54, 1.807) is 18.5 Å². The molecule has 1 aromatic heterocycles. The number of rotatable bonds is 2. The second kappa shape index (κ2) is 4.69. The highest BCUT2D eigenvalue weighted by Gasteiger charge is 2.14. The van der Waals surface area contributed by atoms with Gasteiger partial charge in [-0.3, -0.25) is 4.98 Å². The van der Waals surface area contributed by atoms with Gasteiger partial charge in [-0.1, -0.05) is 32.9 Å². The first-order valence-electron chi connectivity index (χ1n) is 5.94. The van der Waals surface area contributed by atoms with Crippen LogP contribution in [0.3, 0.4) is 0 Å². The maximum Gasteiger partial charge on any atom is 0.147 e. The third kappa shape index (κ3) is 3.00. The summed E-state index contributed by atoms with van der Waals surface area (Å²) in [6.07, 6.45) is 3.25. The van der Waals surface area contributed by atoms with Gasteiger partial charge in [0.2, 0.25) is 0 Å². The number of nitrogen functional groups attached to an aromatic ring is 1. The molecule has 0 aliphatic carbocycles. The van der Waals surface area contributed by atoms with E-state index < -0.39 is 0 Å². The van der Waals surface area contributed by atoms with Gasteiger partial charge < -0.3 is 10.5 Å². The van der Waals surface area contributed by atoms with Crippen LogP contribution in [-0.2, 0) is 5.41 Å². The van der Waals surface area contributed by atoms with Gasteiger partial charge in [0.1, 0.15) is 11.5 Å². The molecule has 2 N–H and O–H groups in total. The second-order valence-corrected chi connectivity index (χ2v) is 5.33. The number of benzene rings is 1. The van der Waals surface area contributed by atoms with E-state index in [0.717, 1.165) is 5.75 Å². The summed E-state index contributed by atoms with van der Waals surface area (Å²) in [6.45, 7) is 6.52. The van der Waals surface area contributed by atoms with Crippen molar-refractivity contribution in [2.75, 3.05) is 5.73 Å². The molecule has 0 fully saturated rings. The predicted molar refractivity (Wildman–Crippen MR) is 73.9 cm³/mol. The summed E-state index contributed by atoms with van der Waals surface area (Å²) in [7, 11) is 0. The normalized spacial score (nSPS) is 11.3. The quantitative estimate of drug-likeness (QED) is 0.872. The van der Waals surface area contributed by atoms with Crippen LogP contribution in [0.5, 0.6) is 11.5 Å². The Bertz CT molecular complexity index is 544. The highest BCUT2D eigenvalue weighted by Crippen LogP contribution is 2.28. The van der Waals surface area contributed by atoms with E-state index in [2.05, 4.69) is 31.8 Å². The predicted octanol–water partition coefficient (Wildman–Crippen LogP) is 3.75. The van der Waals surface area contributed by atoms with Crippen LogP contribution in [-0.4, -0.2) is 4.98 Å². The molecule has 2 rings (SSSR count). The lowest BCUT2D eigenvalue weighted by molar-refractivity contribution is 0.476. The van der Waals surface area contributed by atoms with Crippen molar-refractivity contribution in [3.05, 3.63) is 48.3 Å². The van der Waals surface area contributed by atoms with Gasteiger partial charge in [0.05, 0.1) is 18.1 Å². The summed E-state index contributed by atoms with van der Waals surface area (Å²) in [5.41, 5.74) is 7.60. The lowest BCUT2D eigenvalue weighted by atomic mass is 9.87. The van der Waals surface area contributed by atoms with Gasteiger partial charge in [0.25, 0.3) is 0 Å². The molecule has 0 bridgehead atoms. The topological polar surface area (TPSA) is 48.1 Å². The van der Waals surface area contributed by atoms with Crippen molar-refractivity contribution in [2.45, 2.75) is 26.2 Å². The Morgan fingerprint density at radius 1 is 1.06 bits per heavy atom. The molecule has 0 saturated heterocycles. The second-order valence-electron chi connectivity index (χ2n) is 5.33. The van der Waals surface area contributed by atoms with Gasteiger partial charge in [-0.15, -0.1) is 0 Å². The number of aromatic nitrogens is 1. The highest BCUT2D eigenvalue weighted by atomic mass is 16.5. The van der Waals surface area contributed by atoms with E-state index in [1.807, 2.05) is 18.2 Å². The van der Waals surface area contributed by atoms with E-state index in [0.29, 0.717) is 11.4 Å². The maximum atomic E-state index is 5.75. The summed E-state index contributed by atoms with van der Waals surface area (Å²) in [4.78, 5) is 4.00. The van der Waals surface area contributed by atoms with E-state index in [4.69, 9.17) is 10.5 Å². The summed E-state index contributed by atoms with van der Waals surface area (Å²) in [6, 6.07) is 9.83. The fourth-order valence-electron chi connectivity index (χ4n) is 1.65. The number of nitrogens with two attached hydrogens (primary N) is 1. The van der Waals surface area contributed by atoms with Gasteiger partial charge >= 0.3 is 0 Å². The van der Waals surface area contributed by atoms with Crippen LogP contribution >= 0.6 is 0 Å². The van der Waals surface area contributed by atoms with Crippen LogP contribution in [0.15, 0.2) is 42.7 Å². The molecule has 0 radical (unpaired) electrons. The number of ether oxygens (including phenoxy) is 1. The minimum Gasteiger partial charge on any atom is -0.456 e. The van der Waals surface area contributed by atoms with Crippen molar-refractivity contribution in [3.63, 3.8) is 0 Å². The summed E-state index contributed by atoms with van der Waals surface area (Å²) in [5, 5.41) is 0. The van der Waals surface area contributed by atoms with E-state index in [9.17, 15) is 0 Å². The Labute approximate surface area is 108 Å². The maximum absolute atomic E-state index is 5.75. The molecule has 0 atom stereocenters. The SMILES string of the molecule is CC(C)(C)c1cccc(Oc2cncc(N)c2)c1. The van der Waals surface area contributed by atoms with Crippen molar-refractivity contribution < 1.29 is 4.74 Å². The minimum absolute atomic E-state index is 0.104. The standard InChI is InChI=1S/C15H18N2O/c1-15(2,3)11-5-4-6-13(7-11)18-14-8-12(16)9-17-10-14/h4-10H,16H2,1-3H3. The largest absolute Gasteiger partial charge is 0.456 e. The molecule has 0 spiro atoms. The monoisotopic (exact) mass is 242 g/mol. The third-order valence-corrected chi connectivity index (χ3v) is 2.67. The number of hydrogen-bond donors (Lipinski definition) is 1. The molecule has 2 aromatic rings. The zero-order chi connectivity index (χ0) is 13.2.